The van der Waals surface area contributed by atoms with Crippen molar-refractivity contribution >= 4 is 38.3 Å². The number of halogens is 6. The van der Waals surface area contributed by atoms with Crippen LogP contribution in [0.1, 0.15) is 43.2 Å². The minimum absolute atomic E-state index is 0.107. The molecular weight excluding hydrogens is 580 g/mol. The molecule has 0 saturated heterocycles. The topological polar surface area (TPSA) is 118 Å². The zero-order chi connectivity index (χ0) is 31.2. The van der Waals surface area contributed by atoms with E-state index < -0.39 is 57.2 Å². The highest BCUT2D eigenvalue weighted by molar-refractivity contribution is 7.90. The van der Waals surface area contributed by atoms with E-state index in [0.29, 0.717) is 12.1 Å². The van der Waals surface area contributed by atoms with Crippen LogP contribution in [0.3, 0.4) is 0 Å². The van der Waals surface area contributed by atoms with E-state index >= 15 is 0 Å². The van der Waals surface area contributed by atoms with Gasteiger partial charge in [-0.05, 0) is 50.6 Å². The van der Waals surface area contributed by atoms with Gasteiger partial charge < -0.3 is 10.1 Å². The molecule has 0 spiro atoms. The maximum atomic E-state index is 13.7. The van der Waals surface area contributed by atoms with E-state index in [2.05, 4.69) is 5.32 Å². The minimum Gasteiger partial charge on any atom is -0.443 e. The van der Waals surface area contributed by atoms with Gasteiger partial charge in [0, 0.05) is 28.9 Å². The third kappa shape index (κ3) is 6.17. The van der Waals surface area contributed by atoms with Gasteiger partial charge in [-0.15, -0.1) is 0 Å². The Hall–Kier alpha value is -4.06. The summed E-state index contributed by atoms with van der Waals surface area (Å²) >= 11 is 0. The fourth-order valence-corrected chi connectivity index (χ4v) is 4.71. The van der Waals surface area contributed by atoms with Crippen molar-refractivity contribution < 1.29 is 49.1 Å². The van der Waals surface area contributed by atoms with Gasteiger partial charge in [-0.1, -0.05) is 18.2 Å². The highest BCUT2D eigenvalue weighted by atomic mass is 32.2. The van der Waals surface area contributed by atoms with Gasteiger partial charge in [0.05, 0.1) is 17.4 Å². The van der Waals surface area contributed by atoms with Crippen LogP contribution in [0.15, 0.2) is 53.6 Å². The molecule has 1 aromatic heterocycles. The molecule has 1 N–H and O–H groups in total. The molecule has 3 aromatic rings. The van der Waals surface area contributed by atoms with E-state index in [0.717, 1.165) is 29.0 Å². The van der Waals surface area contributed by atoms with Crippen molar-refractivity contribution in [2.75, 3.05) is 11.6 Å². The van der Waals surface area contributed by atoms with Gasteiger partial charge in [0.1, 0.15) is 11.3 Å². The fourth-order valence-electron chi connectivity index (χ4n) is 4.05. The molecule has 8 nitrogen and oxygen atoms in total. The third-order valence-corrected chi connectivity index (χ3v) is 7.08. The number of nitrogens with zero attached hydrogens (tertiary/aromatic N) is 2. The van der Waals surface area contributed by atoms with Crippen LogP contribution >= 0.6 is 0 Å². The summed E-state index contributed by atoms with van der Waals surface area (Å²) < 4.78 is 112. The van der Waals surface area contributed by atoms with Crippen molar-refractivity contribution in [3.05, 3.63) is 59.9 Å². The first-order valence-corrected chi connectivity index (χ1v) is 13.5. The summed E-state index contributed by atoms with van der Waals surface area (Å²) in [5.41, 5.74) is -7.28. The van der Waals surface area contributed by atoms with Gasteiger partial charge in [0.15, 0.2) is 15.3 Å². The van der Waals surface area contributed by atoms with Crippen LogP contribution in [-0.4, -0.2) is 49.2 Å². The maximum Gasteiger partial charge on any atom is 0.419 e. The fraction of sp³-hybridized carbons (Fsp3) is 0.346. The molecule has 0 saturated carbocycles. The first-order valence-electron chi connectivity index (χ1n) is 11.6. The molecule has 41 heavy (non-hydrogen) atoms. The van der Waals surface area contributed by atoms with Crippen LogP contribution in [-0.2, 0) is 20.0 Å². The average molecular weight is 604 g/mol. The van der Waals surface area contributed by atoms with Crippen molar-refractivity contribution in [2.24, 2.45) is 0 Å². The second kappa shape index (κ2) is 10.4. The predicted molar refractivity (Wildman–Crippen MR) is 135 cm³/mol. The van der Waals surface area contributed by atoms with Crippen molar-refractivity contribution in [2.45, 2.75) is 55.5 Å². The lowest BCUT2D eigenvalue weighted by atomic mass is 9.76. The lowest BCUT2D eigenvalue weighted by Gasteiger charge is -2.36. The molecule has 0 unspecified atom stereocenters. The number of sulfone groups is 1. The number of hydrogen-bond donors (Lipinski definition) is 1. The van der Waals surface area contributed by atoms with E-state index in [1.54, 1.807) is 20.8 Å². The number of amides is 1. The van der Waals surface area contributed by atoms with Crippen LogP contribution in [0, 0.1) is 11.3 Å². The minimum atomic E-state index is -5.86. The number of fused-ring (bicyclic) bond motifs is 1. The molecule has 0 aliphatic heterocycles. The summed E-state index contributed by atoms with van der Waals surface area (Å²) in [6.07, 6.45) is -12.5. The van der Waals surface area contributed by atoms with Crippen LogP contribution in [0.4, 0.5) is 36.8 Å². The van der Waals surface area contributed by atoms with Gasteiger partial charge in [-0.25, -0.2) is 17.8 Å². The van der Waals surface area contributed by atoms with Gasteiger partial charge >= 0.3 is 18.4 Å². The normalized spacial score (nSPS) is 13.1. The average Bonchev–Trinajstić information content (AvgIpc) is 3.19. The summed E-state index contributed by atoms with van der Waals surface area (Å²) in [7, 11) is -3.66. The first kappa shape index (κ1) is 31.5. The number of aromatic nitrogens is 1. The molecular formula is C26H23F6N3O5S. The van der Waals surface area contributed by atoms with E-state index in [9.17, 15) is 44.3 Å². The number of nitrogens with one attached hydrogen (secondary N) is 1. The molecule has 1 amide bonds. The summed E-state index contributed by atoms with van der Waals surface area (Å²) in [6, 6.07) is 7.23. The smallest absolute Gasteiger partial charge is 0.419 e. The van der Waals surface area contributed by atoms with Gasteiger partial charge in [0.25, 0.3) is 5.91 Å². The lowest BCUT2D eigenvalue weighted by Crippen LogP contribution is -2.53. The van der Waals surface area contributed by atoms with Crippen LogP contribution in [0.25, 0.3) is 10.8 Å². The largest absolute Gasteiger partial charge is 0.443 e. The molecule has 3 rings (SSSR count). The second-order valence-electron chi connectivity index (χ2n) is 10.1. The van der Waals surface area contributed by atoms with E-state index in [4.69, 9.17) is 10.00 Å². The quantitative estimate of drug-likeness (QED) is 0.339. The Labute approximate surface area is 230 Å². The maximum absolute atomic E-state index is 13.7. The van der Waals surface area contributed by atoms with Gasteiger partial charge in [0.2, 0.25) is 0 Å². The Kier molecular flexibility index (Phi) is 7.99. The summed E-state index contributed by atoms with van der Waals surface area (Å²) in [6.45, 7) is 4.68. The molecule has 15 heteroatoms. The standard InChI is InChI=1S/C26H23F6N3O5S/c1-23(2,3)40-22(37)35-14-15-13-18(41(4,38)39)9-10-19(15)20(35)21(36)34-17-7-5-16(6-8-17)24(11-12-33,25(27,28)29)26(30,31)32/h5-10,13-14H,11H2,1-4H3,(H,34,36). The number of carbonyl (C=O) groups excluding carboxylic acids is 2. The second-order valence-corrected chi connectivity index (χ2v) is 12.1. The Morgan fingerprint density at radius 2 is 1.54 bits per heavy atom. The zero-order valence-corrected chi connectivity index (χ0v) is 22.8. The summed E-state index contributed by atoms with van der Waals surface area (Å²) in [4.78, 5) is 26.1. The Balaban J connectivity index is 2.09. The van der Waals surface area contributed by atoms with Gasteiger partial charge in [-0.2, -0.15) is 31.6 Å². The number of alkyl halides is 6. The van der Waals surface area contributed by atoms with E-state index in [1.807, 2.05) is 0 Å². The lowest BCUT2D eigenvalue weighted by molar-refractivity contribution is -0.302. The van der Waals surface area contributed by atoms with Crippen molar-refractivity contribution in [3.8, 4) is 6.07 Å². The van der Waals surface area contributed by atoms with Gasteiger partial charge in [-0.3, -0.25) is 4.79 Å². The van der Waals surface area contributed by atoms with Crippen LogP contribution in [0.5, 0.6) is 0 Å². The summed E-state index contributed by atoms with van der Waals surface area (Å²) in [5.74, 6) is -0.999. The highest BCUT2D eigenvalue weighted by Crippen LogP contribution is 2.54. The Morgan fingerprint density at radius 1 is 0.976 bits per heavy atom. The molecule has 0 radical (unpaired) electrons. The molecule has 0 aliphatic carbocycles. The van der Waals surface area contributed by atoms with Crippen LogP contribution < -0.4 is 5.32 Å². The molecule has 0 fully saturated rings. The van der Waals surface area contributed by atoms with E-state index in [1.165, 1.54) is 24.4 Å². The zero-order valence-electron chi connectivity index (χ0n) is 21.9. The number of carbonyl (C=O) groups is 2. The molecule has 0 bridgehead atoms. The summed E-state index contributed by atoms with van der Waals surface area (Å²) in [5, 5.41) is 11.4. The Morgan fingerprint density at radius 3 is 2.00 bits per heavy atom. The monoisotopic (exact) mass is 603 g/mol. The molecule has 220 valence electrons. The first-order chi connectivity index (χ1) is 18.6. The highest BCUT2D eigenvalue weighted by Gasteiger charge is 2.71. The molecule has 0 aliphatic rings. The number of hydrogen-bond acceptors (Lipinski definition) is 6. The predicted octanol–water partition coefficient (Wildman–Crippen LogP) is 6.36. The number of ether oxygens (including phenoxy) is 1. The molecule has 0 atom stereocenters. The van der Waals surface area contributed by atoms with Crippen molar-refractivity contribution in [3.63, 3.8) is 0 Å². The number of rotatable bonds is 5. The number of benzene rings is 2. The molecule has 2 aromatic carbocycles. The number of nitriles is 1. The third-order valence-electron chi connectivity index (χ3n) is 5.97. The van der Waals surface area contributed by atoms with Crippen molar-refractivity contribution in [1.82, 2.24) is 4.57 Å². The molecule has 1 heterocycles. The Bertz CT molecular complexity index is 1630. The van der Waals surface area contributed by atoms with Crippen molar-refractivity contribution in [1.29, 1.82) is 5.26 Å². The van der Waals surface area contributed by atoms with Crippen LogP contribution in [0.2, 0.25) is 0 Å². The SMILES string of the molecule is CC(C)(C)OC(=O)n1cc2cc(S(C)(=O)=O)ccc2c1C(=O)Nc1ccc(C(CC#N)(C(F)(F)F)C(F)(F)F)cc1. The van der Waals surface area contributed by atoms with E-state index in [-0.39, 0.29) is 27.0 Å². The number of anilines is 1.